The van der Waals surface area contributed by atoms with Gasteiger partial charge in [0, 0.05) is 41.5 Å². The van der Waals surface area contributed by atoms with E-state index in [0.717, 1.165) is 42.7 Å². The Hall–Kier alpha value is -4.28. The van der Waals surface area contributed by atoms with Crippen LogP contribution in [0, 0.1) is 11.8 Å². The average Bonchev–Trinajstić information content (AvgIpc) is 3.46. The molecule has 1 aliphatic heterocycles. The van der Waals surface area contributed by atoms with Crippen molar-refractivity contribution in [1.29, 1.82) is 0 Å². The molecule has 0 aliphatic carbocycles. The normalized spacial score (nSPS) is 11.7. The molecule has 2 heterocycles. The Kier molecular flexibility index (Phi) is 11.5. The van der Waals surface area contributed by atoms with E-state index in [4.69, 9.17) is 4.42 Å². The van der Waals surface area contributed by atoms with Crippen LogP contribution in [-0.4, -0.2) is 43.1 Å². The zero-order chi connectivity index (χ0) is 26.3. The second kappa shape index (κ2) is 14.9. The van der Waals surface area contributed by atoms with Gasteiger partial charge in [-0.1, -0.05) is 11.8 Å². The standard InChI is InChI=1S/C25H22N2O4.C2H7N.C2H4/c28-22-13-16-31-23(24(22)29)17-26-21-11-7-19(8-12-21)4-3-18-5-9-20(10-6-18)25(30)27-14-1-2-15-27;1-3-2;1-2/h5-13,16,26,29H,1-2,14-15,17H2;3H,1-2H3;1-2H2. The summed E-state index contributed by atoms with van der Waals surface area (Å²) in [5, 5.41) is 15.6. The molecule has 0 spiro atoms. The Morgan fingerprint density at radius 2 is 1.50 bits per heavy atom. The maximum absolute atomic E-state index is 12.4. The highest BCUT2D eigenvalue weighted by Crippen LogP contribution is 2.16. The Bertz CT molecular complexity index is 1220. The number of hydrogen-bond donors (Lipinski definition) is 3. The van der Waals surface area contributed by atoms with Crippen molar-refractivity contribution >= 4 is 11.6 Å². The molecule has 2 aromatic carbocycles. The molecular weight excluding hydrogens is 454 g/mol. The van der Waals surface area contributed by atoms with Crippen LogP contribution in [0.3, 0.4) is 0 Å². The minimum absolute atomic E-state index is 0.0863. The third-order valence-corrected chi connectivity index (χ3v) is 5.14. The lowest BCUT2D eigenvalue weighted by Gasteiger charge is -2.14. The number of carbonyl (C=O) groups is 1. The summed E-state index contributed by atoms with van der Waals surface area (Å²) in [7, 11) is 3.75. The van der Waals surface area contributed by atoms with Crippen LogP contribution in [0.4, 0.5) is 5.69 Å². The van der Waals surface area contributed by atoms with Gasteiger partial charge in [-0.3, -0.25) is 9.59 Å². The number of benzene rings is 2. The van der Waals surface area contributed by atoms with Gasteiger partial charge in [0.25, 0.3) is 5.91 Å². The van der Waals surface area contributed by atoms with Gasteiger partial charge in [0.2, 0.25) is 11.2 Å². The first-order chi connectivity index (χ1) is 17.5. The molecule has 1 saturated heterocycles. The van der Waals surface area contributed by atoms with E-state index in [-0.39, 0.29) is 24.0 Å². The first kappa shape index (κ1) is 28.0. The molecule has 0 atom stereocenters. The van der Waals surface area contributed by atoms with E-state index in [1.807, 2.05) is 67.5 Å². The molecule has 0 unspecified atom stereocenters. The number of hydrogen-bond acceptors (Lipinski definition) is 6. The van der Waals surface area contributed by atoms with Crippen LogP contribution in [0.1, 0.15) is 40.1 Å². The van der Waals surface area contributed by atoms with Crippen molar-refractivity contribution in [3.05, 3.63) is 107 Å². The molecule has 3 aromatic rings. The molecule has 1 aromatic heterocycles. The van der Waals surface area contributed by atoms with Crippen molar-refractivity contribution in [2.24, 2.45) is 0 Å². The fraction of sp³-hybridized carbons (Fsp3) is 0.241. The van der Waals surface area contributed by atoms with Crippen molar-refractivity contribution in [3.8, 4) is 17.6 Å². The van der Waals surface area contributed by atoms with Crippen LogP contribution in [-0.2, 0) is 6.54 Å². The maximum Gasteiger partial charge on any atom is 0.253 e. The Balaban J connectivity index is 0.000000850. The number of amides is 1. The van der Waals surface area contributed by atoms with Gasteiger partial charge < -0.3 is 25.1 Å². The highest BCUT2D eigenvalue weighted by molar-refractivity contribution is 5.94. The van der Waals surface area contributed by atoms with Gasteiger partial charge >= 0.3 is 0 Å². The van der Waals surface area contributed by atoms with Crippen molar-refractivity contribution in [3.63, 3.8) is 0 Å². The third kappa shape index (κ3) is 8.19. The minimum Gasteiger partial charge on any atom is -0.502 e. The first-order valence-electron chi connectivity index (χ1n) is 11.6. The summed E-state index contributed by atoms with van der Waals surface area (Å²) >= 11 is 0. The average molecular weight is 488 g/mol. The molecule has 4 rings (SSSR count). The second-order valence-corrected chi connectivity index (χ2v) is 7.81. The predicted octanol–water partition coefficient (Wildman–Crippen LogP) is 4.23. The predicted molar refractivity (Wildman–Crippen MR) is 144 cm³/mol. The van der Waals surface area contributed by atoms with Crippen LogP contribution >= 0.6 is 0 Å². The summed E-state index contributed by atoms with van der Waals surface area (Å²) in [6.45, 7) is 7.87. The summed E-state index contributed by atoms with van der Waals surface area (Å²) in [4.78, 5) is 25.7. The quantitative estimate of drug-likeness (QED) is 0.377. The number of carbonyl (C=O) groups excluding carboxylic acids is 1. The smallest absolute Gasteiger partial charge is 0.253 e. The van der Waals surface area contributed by atoms with Crippen LogP contribution < -0.4 is 16.1 Å². The highest BCUT2D eigenvalue weighted by Gasteiger charge is 2.18. The van der Waals surface area contributed by atoms with Gasteiger partial charge in [-0.05, 0) is 75.5 Å². The van der Waals surface area contributed by atoms with Crippen molar-refractivity contribution in [2.75, 3.05) is 32.5 Å². The zero-order valence-electron chi connectivity index (χ0n) is 20.8. The van der Waals surface area contributed by atoms with E-state index in [1.54, 1.807) is 0 Å². The maximum atomic E-state index is 12.4. The van der Waals surface area contributed by atoms with Gasteiger partial charge in [-0.2, -0.15) is 0 Å². The highest BCUT2D eigenvalue weighted by atomic mass is 16.4. The van der Waals surface area contributed by atoms with E-state index in [2.05, 4.69) is 35.6 Å². The van der Waals surface area contributed by atoms with Crippen LogP contribution in [0.15, 0.2) is 83.2 Å². The summed E-state index contributed by atoms with van der Waals surface area (Å²) in [6, 6.07) is 16.0. The second-order valence-electron chi connectivity index (χ2n) is 7.81. The van der Waals surface area contributed by atoms with E-state index < -0.39 is 5.43 Å². The summed E-state index contributed by atoms with van der Waals surface area (Å²) in [6.07, 6.45) is 3.41. The van der Waals surface area contributed by atoms with Crippen LogP contribution in [0.5, 0.6) is 5.75 Å². The molecule has 0 bridgehead atoms. The van der Waals surface area contributed by atoms with Gasteiger partial charge in [-0.25, -0.2) is 0 Å². The monoisotopic (exact) mass is 487 g/mol. The SMILES string of the molecule is C=C.CNC.O=C(c1ccc(C#Cc2ccc(NCc3occc(=O)c3O)cc2)cc1)N1CCCC1. The molecule has 36 heavy (non-hydrogen) atoms. The van der Waals surface area contributed by atoms with Crippen LogP contribution in [0.25, 0.3) is 0 Å². The molecule has 7 nitrogen and oxygen atoms in total. The molecule has 0 saturated carbocycles. The number of anilines is 1. The van der Waals surface area contributed by atoms with E-state index in [9.17, 15) is 14.7 Å². The molecule has 1 fully saturated rings. The number of aromatic hydroxyl groups is 1. The molecule has 1 amide bonds. The number of nitrogens with one attached hydrogen (secondary N) is 2. The van der Waals surface area contributed by atoms with E-state index in [1.165, 1.54) is 12.3 Å². The largest absolute Gasteiger partial charge is 0.502 e. The lowest BCUT2D eigenvalue weighted by atomic mass is 10.1. The fourth-order valence-electron chi connectivity index (χ4n) is 3.37. The molecule has 7 heteroatoms. The van der Waals surface area contributed by atoms with Crippen molar-refractivity contribution < 1.29 is 14.3 Å². The fourth-order valence-corrected chi connectivity index (χ4v) is 3.37. The molecule has 0 radical (unpaired) electrons. The first-order valence-corrected chi connectivity index (χ1v) is 11.6. The Morgan fingerprint density at radius 1 is 0.972 bits per heavy atom. The van der Waals surface area contributed by atoms with E-state index >= 15 is 0 Å². The van der Waals surface area contributed by atoms with Crippen molar-refractivity contribution in [2.45, 2.75) is 19.4 Å². The zero-order valence-corrected chi connectivity index (χ0v) is 20.8. The number of rotatable bonds is 4. The lowest BCUT2D eigenvalue weighted by molar-refractivity contribution is 0.0793. The molecular formula is C29H33N3O4. The molecule has 188 valence electrons. The topological polar surface area (TPSA) is 94.8 Å². The summed E-state index contributed by atoms with van der Waals surface area (Å²) in [5.74, 6) is 6.10. The lowest BCUT2D eigenvalue weighted by Crippen LogP contribution is -2.27. The van der Waals surface area contributed by atoms with E-state index in [0.29, 0.717) is 5.56 Å². The van der Waals surface area contributed by atoms with Crippen LogP contribution in [0.2, 0.25) is 0 Å². The van der Waals surface area contributed by atoms with Gasteiger partial charge in [0.05, 0.1) is 12.8 Å². The molecule has 1 aliphatic rings. The summed E-state index contributed by atoms with van der Waals surface area (Å²) < 4.78 is 5.17. The van der Waals surface area contributed by atoms with Crippen molar-refractivity contribution in [1.82, 2.24) is 10.2 Å². The summed E-state index contributed by atoms with van der Waals surface area (Å²) in [5.41, 5.74) is 2.72. The number of likely N-dealkylation sites (tertiary alicyclic amines) is 1. The van der Waals surface area contributed by atoms with Gasteiger partial charge in [-0.15, -0.1) is 13.2 Å². The third-order valence-electron chi connectivity index (χ3n) is 5.14. The Labute approximate surface area is 212 Å². The van der Waals surface area contributed by atoms with Gasteiger partial charge in [0.15, 0.2) is 5.76 Å². The Morgan fingerprint density at radius 3 is 2.06 bits per heavy atom. The van der Waals surface area contributed by atoms with Gasteiger partial charge in [0.1, 0.15) is 0 Å². The molecule has 3 N–H and O–H groups in total. The minimum atomic E-state index is -0.470. The number of nitrogens with zero attached hydrogens (tertiary/aromatic N) is 1.